The largest absolute Gasteiger partial charge is 0.465 e. The van der Waals surface area contributed by atoms with E-state index in [1.165, 1.54) is 30.2 Å². The number of nitrogens with zero attached hydrogens (tertiary/aromatic N) is 2. The fourth-order valence-electron chi connectivity index (χ4n) is 2.26. The molecule has 138 valence electrons. The van der Waals surface area contributed by atoms with Gasteiger partial charge in [-0.25, -0.2) is 4.79 Å². The quantitative estimate of drug-likeness (QED) is 0.370. The van der Waals surface area contributed by atoms with Crippen molar-refractivity contribution in [3.8, 4) is 0 Å². The second-order valence-corrected chi connectivity index (χ2v) is 7.76. The molecule has 0 atom stereocenters. The van der Waals surface area contributed by atoms with Gasteiger partial charge in [0.1, 0.15) is 0 Å². The van der Waals surface area contributed by atoms with Gasteiger partial charge in [0, 0.05) is 5.75 Å². The van der Waals surface area contributed by atoms with Crippen LogP contribution in [0, 0.1) is 0 Å². The Kier molecular flexibility index (Phi) is 6.56. The van der Waals surface area contributed by atoms with Gasteiger partial charge in [-0.2, -0.15) is 0 Å². The normalized spacial score (nSPS) is 10.4. The number of rotatable bonds is 7. The predicted molar refractivity (Wildman–Crippen MR) is 106 cm³/mol. The van der Waals surface area contributed by atoms with E-state index in [1.54, 1.807) is 12.1 Å². The fourth-order valence-corrected chi connectivity index (χ4v) is 3.99. The lowest BCUT2D eigenvalue weighted by atomic mass is 10.1. The summed E-state index contributed by atoms with van der Waals surface area (Å²) in [7, 11) is 1.36. The number of amides is 1. The summed E-state index contributed by atoms with van der Waals surface area (Å²) in [4.78, 5) is 23.5. The zero-order valence-corrected chi connectivity index (χ0v) is 16.2. The van der Waals surface area contributed by atoms with E-state index in [0.717, 1.165) is 15.5 Å². The number of benzene rings is 2. The molecule has 0 bridgehead atoms. The van der Waals surface area contributed by atoms with E-state index in [4.69, 9.17) is 0 Å². The minimum atomic E-state index is -0.353. The Hall–Kier alpha value is -2.71. The van der Waals surface area contributed by atoms with Crippen LogP contribution in [-0.4, -0.2) is 29.2 Å². The summed E-state index contributed by atoms with van der Waals surface area (Å²) < 4.78 is 5.45. The Morgan fingerprint density at radius 2 is 1.78 bits per heavy atom. The first-order chi connectivity index (χ1) is 13.1. The number of carbonyl (C=O) groups excluding carboxylic acids is 2. The zero-order chi connectivity index (χ0) is 19.1. The average molecular weight is 399 g/mol. The molecule has 0 unspecified atom stereocenters. The highest BCUT2D eigenvalue weighted by Gasteiger charge is 2.10. The highest BCUT2D eigenvalue weighted by atomic mass is 32.2. The van der Waals surface area contributed by atoms with Gasteiger partial charge in [0.2, 0.25) is 11.0 Å². The highest BCUT2D eigenvalue weighted by Crippen LogP contribution is 2.28. The van der Waals surface area contributed by atoms with Crippen LogP contribution in [0.3, 0.4) is 0 Å². The Balaban J connectivity index is 1.50. The van der Waals surface area contributed by atoms with Gasteiger partial charge in [-0.15, -0.1) is 10.2 Å². The van der Waals surface area contributed by atoms with Gasteiger partial charge in [0.15, 0.2) is 4.34 Å². The molecule has 1 heterocycles. The second-order valence-electron chi connectivity index (χ2n) is 5.56. The first kappa shape index (κ1) is 19.1. The van der Waals surface area contributed by atoms with Crippen molar-refractivity contribution in [1.29, 1.82) is 0 Å². The van der Waals surface area contributed by atoms with Crippen LogP contribution in [0.1, 0.15) is 21.5 Å². The molecular formula is C19H17N3O3S2. The summed E-state index contributed by atoms with van der Waals surface area (Å²) in [6.07, 6.45) is 0.301. The minimum Gasteiger partial charge on any atom is -0.465 e. The van der Waals surface area contributed by atoms with Crippen LogP contribution in [-0.2, 0) is 21.7 Å². The molecule has 2 aromatic carbocycles. The number of aromatic nitrogens is 2. The molecule has 0 aliphatic carbocycles. The Morgan fingerprint density at radius 1 is 1.04 bits per heavy atom. The van der Waals surface area contributed by atoms with E-state index in [2.05, 4.69) is 20.3 Å². The number of hydrogen-bond acceptors (Lipinski definition) is 7. The molecule has 6 nitrogen and oxygen atoms in total. The van der Waals surface area contributed by atoms with E-state index in [-0.39, 0.29) is 11.9 Å². The second kappa shape index (κ2) is 9.29. The van der Waals surface area contributed by atoms with Gasteiger partial charge in [-0.1, -0.05) is 65.6 Å². The molecule has 3 rings (SSSR count). The van der Waals surface area contributed by atoms with Crippen molar-refractivity contribution in [2.45, 2.75) is 16.5 Å². The summed E-state index contributed by atoms with van der Waals surface area (Å²) in [6.45, 7) is 0. The maximum atomic E-state index is 12.1. The molecule has 27 heavy (non-hydrogen) atoms. The Labute approximate surface area is 165 Å². The first-order valence-corrected chi connectivity index (χ1v) is 9.91. The summed E-state index contributed by atoms with van der Waals surface area (Å²) in [5.41, 5.74) is 2.52. The van der Waals surface area contributed by atoms with Gasteiger partial charge in [-0.05, 0) is 23.3 Å². The van der Waals surface area contributed by atoms with E-state index >= 15 is 0 Å². The maximum Gasteiger partial charge on any atom is 0.337 e. The first-order valence-electron chi connectivity index (χ1n) is 8.11. The van der Waals surface area contributed by atoms with Gasteiger partial charge in [0.25, 0.3) is 0 Å². The minimum absolute atomic E-state index is 0.118. The van der Waals surface area contributed by atoms with E-state index in [1.807, 2.05) is 42.5 Å². The third-order valence-corrected chi connectivity index (χ3v) is 5.64. The van der Waals surface area contributed by atoms with Crippen molar-refractivity contribution < 1.29 is 14.3 Å². The molecule has 0 spiro atoms. The smallest absolute Gasteiger partial charge is 0.337 e. The number of thioether (sulfide) groups is 1. The van der Waals surface area contributed by atoms with Crippen molar-refractivity contribution in [3.63, 3.8) is 0 Å². The lowest BCUT2D eigenvalue weighted by Crippen LogP contribution is -2.14. The van der Waals surface area contributed by atoms with Crippen molar-refractivity contribution in [1.82, 2.24) is 10.2 Å². The highest BCUT2D eigenvalue weighted by molar-refractivity contribution is 8.00. The molecule has 0 radical (unpaired) electrons. The molecule has 8 heteroatoms. The van der Waals surface area contributed by atoms with Gasteiger partial charge >= 0.3 is 5.97 Å². The van der Waals surface area contributed by atoms with E-state index in [0.29, 0.717) is 22.9 Å². The molecular weight excluding hydrogens is 382 g/mol. The number of nitrogens with one attached hydrogen (secondary N) is 1. The van der Waals surface area contributed by atoms with Crippen molar-refractivity contribution in [2.75, 3.05) is 12.4 Å². The Morgan fingerprint density at radius 3 is 2.48 bits per heavy atom. The van der Waals surface area contributed by atoms with Gasteiger partial charge < -0.3 is 10.1 Å². The third kappa shape index (κ3) is 5.63. The number of esters is 1. The molecule has 1 amide bonds. The van der Waals surface area contributed by atoms with Gasteiger partial charge in [0.05, 0.1) is 19.1 Å². The third-order valence-electron chi connectivity index (χ3n) is 3.60. The van der Waals surface area contributed by atoms with Crippen LogP contribution >= 0.6 is 23.1 Å². The summed E-state index contributed by atoms with van der Waals surface area (Å²) >= 11 is 2.86. The van der Waals surface area contributed by atoms with E-state index in [9.17, 15) is 9.59 Å². The van der Waals surface area contributed by atoms with Crippen LogP contribution in [0.2, 0.25) is 0 Å². The molecule has 0 aliphatic rings. The van der Waals surface area contributed by atoms with Crippen LogP contribution < -0.4 is 5.32 Å². The number of ether oxygens (including phenoxy) is 1. The molecule has 0 fully saturated rings. The average Bonchev–Trinajstić information content (AvgIpc) is 3.14. The van der Waals surface area contributed by atoms with Crippen LogP contribution in [0.5, 0.6) is 0 Å². The zero-order valence-electron chi connectivity index (χ0n) is 14.5. The van der Waals surface area contributed by atoms with E-state index < -0.39 is 0 Å². The summed E-state index contributed by atoms with van der Waals surface area (Å²) in [5.74, 6) is 0.218. The van der Waals surface area contributed by atoms with Crippen LogP contribution in [0.4, 0.5) is 5.13 Å². The van der Waals surface area contributed by atoms with Crippen LogP contribution in [0.25, 0.3) is 0 Å². The van der Waals surface area contributed by atoms with Crippen molar-refractivity contribution >= 4 is 40.1 Å². The topological polar surface area (TPSA) is 81.2 Å². The molecule has 0 aliphatic heterocycles. The van der Waals surface area contributed by atoms with Gasteiger partial charge in [-0.3, -0.25) is 4.79 Å². The maximum absolute atomic E-state index is 12.1. The molecule has 3 aromatic rings. The molecule has 0 saturated carbocycles. The number of methoxy groups -OCH3 is 1. The SMILES string of the molecule is COC(=O)c1ccc(CSc2nnc(NC(=O)Cc3ccccc3)s2)cc1. The fraction of sp³-hybridized carbons (Fsp3) is 0.158. The lowest BCUT2D eigenvalue weighted by molar-refractivity contribution is -0.115. The number of carbonyl (C=O) groups is 2. The summed E-state index contributed by atoms with van der Waals surface area (Å²) in [5, 5.41) is 11.4. The molecule has 0 saturated heterocycles. The standard InChI is InChI=1S/C19H17N3O3S2/c1-25-17(24)15-9-7-14(8-10-15)12-26-19-22-21-18(27-19)20-16(23)11-13-5-3-2-4-6-13/h2-10H,11-12H2,1H3,(H,20,21,23). The van der Waals surface area contributed by atoms with Crippen LogP contribution in [0.15, 0.2) is 58.9 Å². The monoisotopic (exact) mass is 399 g/mol. The molecule has 1 aromatic heterocycles. The lowest BCUT2D eigenvalue weighted by Gasteiger charge is -2.02. The van der Waals surface area contributed by atoms with Crippen molar-refractivity contribution in [2.24, 2.45) is 0 Å². The number of hydrogen-bond donors (Lipinski definition) is 1. The summed E-state index contributed by atoms with van der Waals surface area (Å²) in [6, 6.07) is 16.8. The Bertz CT molecular complexity index is 911. The molecule has 1 N–H and O–H groups in total. The predicted octanol–water partition coefficient (Wildman–Crippen LogP) is 3.80. The van der Waals surface area contributed by atoms with Crippen molar-refractivity contribution in [3.05, 3.63) is 71.3 Å². The number of anilines is 1.